The van der Waals surface area contributed by atoms with Gasteiger partial charge in [0.1, 0.15) is 6.10 Å². The summed E-state index contributed by atoms with van der Waals surface area (Å²) in [6, 6.07) is 8.79. The zero-order chi connectivity index (χ0) is 27.7. The number of aromatic nitrogens is 1. The van der Waals surface area contributed by atoms with Gasteiger partial charge in [-0.1, -0.05) is 98.2 Å². The third kappa shape index (κ3) is 4.65. The number of ether oxygens (including phenoxy) is 1. The lowest BCUT2D eigenvalue weighted by atomic mass is 9.70. The molecule has 2 atom stereocenters. The molecule has 38 heavy (non-hydrogen) atoms. The Labute approximate surface area is 232 Å². The second kappa shape index (κ2) is 9.42. The summed E-state index contributed by atoms with van der Waals surface area (Å²) in [6.07, 6.45) is 8.55. The van der Waals surface area contributed by atoms with Gasteiger partial charge in [-0.05, 0) is 71.8 Å². The first-order chi connectivity index (χ1) is 17.7. The topological polar surface area (TPSA) is 31.4 Å². The first kappa shape index (κ1) is 27.8. The number of nitrogens with zero attached hydrogens (tertiary/aromatic N) is 1. The smallest absolute Gasteiger partial charge is 0.192 e. The summed E-state index contributed by atoms with van der Waals surface area (Å²) in [7, 11) is -2.01. The Balaban J connectivity index is 1.77. The van der Waals surface area contributed by atoms with Gasteiger partial charge in [0.25, 0.3) is 0 Å². The second-order valence-corrected chi connectivity index (χ2v) is 19.5. The minimum atomic E-state index is -2.01. The Morgan fingerprint density at radius 3 is 2.26 bits per heavy atom. The number of rotatable bonds is 5. The van der Waals surface area contributed by atoms with Crippen molar-refractivity contribution in [3.8, 4) is 0 Å². The third-order valence-corrected chi connectivity index (χ3v) is 14.3. The van der Waals surface area contributed by atoms with Crippen molar-refractivity contribution in [1.29, 1.82) is 0 Å². The fourth-order valence-electron chi connectivity index (χ4n) is 6.82. The summed E-state index contributed by atoms with van der Waals surface area (Å²) < 4.78 is 14.6. The number of fused-ring (bicyclic) bond motifs is 4. The van der Waals surface area contributed by atoms with Crippen LogP contribution in [0.1, 0.15) is 138 Å². The molecule has 0 amide bonds. The highest BCUT2D eigenvalue weighted by molar-refractivity contribution is 6.74. The minimum absolute atomic E-state index is 0.0695. The maximum atomic E-state index is 7.34. The highest BCUT2D eigenvalue weighted by Crippen LogP contribution is 2.60. The molecule has 1 saturated carbocycles. The summed E-state index contributed by atoms with van der Waals surface area (Å²) in [4.78, 5) is 5.53. The normalized spacial score (nSPS) is 24.1. The fourth-order valence-corrected chi connectivity index (χ4v) is 8.09. The predicted octanol–water partition coefficient (Wildman–Crippen LogP) is 9.77. The van der Waals surface area contributed by atoms with E-state index in [1.165, 1.54) is 46.5 Å². The molecular formula is C34H49NO2Si. The number of hydrogen-bond acceptors (Lipinski definition) is 3. The molecule has 1 aromatic heterocycles. The van der Waals surface area contributed by atoms with Crippen LogP contribution in [-0.2, 0) is 21.2 Å². The van der Waals surface area contributed by atoms with E-state index in [-0.39, 0.29) is 28.3 Å². The van der Waals surface area contributed by atoms with Gasteiger partial charge in [-0.3, -0.25) is 4.98 Å². The molecule has 1 aromatic carbocycles. The second-order valence-electron chi connectivity index (χ2n) is 14.8. The minimum Gasteiger partial charge on any atom is -0.410 e. The van der Waals surface area contributed by atoms with Crippen molar-refractivity contribution in [1.82, 2.24) is 4.98 Å². The molecule has 4 heteroatoms. The van der Waals surface area contributed by atoms with Gasteiger partial charge < -0.3 is 9.16 Å². The van der Waals surface area contributed by atoms with Crippen molar-refractivity contribution < 1.29 is 9.16 Å². The van der Waals surface area contributed by atoms with E-state index in [0.717, 1.165) is 31.2 Å². The SMILES string of the molecule is C=Cc1ccc([C@H]2OC3(CCCC3)c3c4c(nc(C(C)C)c32)CC(C)(C)CC4O[Si](C)(C)C(C)(C)C)cc1. The molecule has 1 fully saturated rings. The van der Waals surface area contributed by atoms with Crippen LogP contribution in [0.25, 0.3) is 6.08 Å². The largest absolute Gasteiger partial charge is 0.410 e. The van der Waals surface area contributed by atoms with Gasteiger partial charge >= 0.3 is 0 Å². The molecule has 3 nitrogen and oxygen atoms in total. The maximum Gasteiger partial charge on any atom is 0.192 e. The standard InChI is InChI=1S/C34H49NO2Si/c1-11-23-14-16-24(17-15-23)31-28-29(34(36-31)18-12-13-19-34)27-25(35-30(28)22(2)3)20-33(7,8)21-26(27)37-38(9,10)32(4,5)6/h11,14-17,22,26,31H,1,12-13,18-21H2,2-10H3/t26?,31-/m1/s1. The Kier molecular flexibility index (Phi) is 6.89. The zero-order valence-electron chi connectivity index (χ0n) is 25.3. The van der Waals surface area contributed by atoms with Gasteiger partial charge in [0, 0.05) is 22.5 Å². The number of benzene rings is 1. The Morgan fingerprint density at radius 1 is 1.08 bits per heavy atom. The lowest BCUT2D eigenvalue weighted by Crippen LogP contribution is -2.44. The molecule has 206 valence electrons. The number of pyridine rings is 1. The van der Waals surface area contributed by atoms with E-state index >= 15 is 0 Å². The molecule has 1 aliphatic heterocycles. The van der Waals surface area contributed by atoms with Crippen LogP contribution in [-0.4, -0.2) is 13.3 Å². The molecule has 0 N–H and O–H groups in total. The molecule has 2 aromatic rings. The predicted molar refractivity (Wildman–Crippen MR) is 161 cm³/mol. The summed E-state index contributed by atoms with van der Waals surface area (Å²) in [5, 5.41) is 0.153. The molecule has 5 rings (SSSR count). The van der Waals surface area contributed by atoms with Crippen LogP contribution in [0.3, 0.4) is 0 Å². The highest BCUT2D eigenvalue weighted by Gasteiger charge is 2.54. The third-order valence-electron chi connectivity index (χ3n) is 9.82. The van der Waals surface area contributed by atoms with Gasteiger partial charge in [0.05, 0.1) is 11.7 Å². The lowest BCUT2D eigenvalue weighted by molar-refractivity contribution is -0.0579. The van der Waals surface area contributed by atoms with Crippen molar-refractivity contribution in [3.05, 3.63) is 70.0 Å². The van der Waals surface area contributed by atoms with Crippen LogP contribution in [0.4, 0.5) is 0 Å². The van der Waals surface area contributed by atoms with E-state index < -0.39 is 8.32 Å². The molecule has 2 aliphatic carbocycles. The van der Waals surface area contributed by atoms with Crippen LogP contribution < -0.4 is 0 Å². The van der Waals surface area contributed by atoms with Crippen LogP contribution in [0, 0.1) is 5.41 Å². The van der Waals surface area contributed by atoms with Crippen LogP contribution in [0.5, 0.6) is 0 Å². The first-order valence-electron chi connectivity index (χ1n) is 14.8. The fraction of sp³-hybridized carbons (Fsp3) is 0.618. The first-order valence-corrected chi connectivity index (χ1v) is 17.7. The summed E-state index contributed by atoms with van der Waals surface area (Å²) in [6.45, 7) is 25.2. The Bertz CT molecular complexity index is 1210. The average molecular weight is 532 g/mol. The molecule has 1 spiro atoms. The van der Waals surface area contributed by atoms with Crippen LogP contribution in [0.2, 0.25) is 18.1 Å². The summed E-state index contributed by atoms with van der Waals surface area (Å²) >= 11 is 0. The van der Waals surface area contributed by atoms with E-state index in [4.69, 9.17) is 14.1 Å². The van der Waals surface area contributed by atoms with Crippen molar-refractivity contribution in [2.24, 2.45) is 5.41 Å². The lowest BCUT2D eigenvalue weighted by Gasteiger charge is -2.45. The van der Waals surface area contributed by atoms with E-state index in [0.29, 0.717) is 5.92 Å². The van der Waals surface area contributed by atoms with Crippen molar-refractivity contribution >= 4 is 14.4 Å². The van der Waals surface area contributed by atoms with Crippen LogP contribution >= 0.6 is 0 Å². The van der Waals surface area contributed by atoms with Crippen molar-refractivity contribution in [2.45, 2.75) is 129 Å². The zero-order valence-corrected chi connectivity index (χ0v) is 26.3. The van der Waals surface area contributed by atoms with Gasteiger partial charge in [0.2, 0.25) is 0 Å². The van der Waals surface area contributed by atoms with Gasteiger partial charge in [-0.2, -0.15) is 0 Å². The van der Waals surface area contributed by atoms with Gasteiger partial charge in [0.15, 0.2) is 8.32 Å². The molecule has 1 unspecified atom stereocenters. The summed E-state index contributed by atoms with van der Waals surface area (Å²) in [5.74, 6) is 0.328. The van der Waals surface area contributed by atoms with Gasteiger partial charge in [-0.15, -0.1) is 0 Å². The van der Waals surface area contributed by atoms with Crippen LogP contribution in [0.15, 0.2) is 30.8 Å². The maximum absolute atomic E-state index is 7.34. The molecule has 0 saturated heterocycles. The summed E-state index contributed by atoms with van der Waals surface area (Å²) in [5.41, 5.74) is 8.97. The monoisotopic (exact) mass is 531 g/mol. The van der Waals surface area contributed by atoms with E-state index in [1.807, 2.05) is 6.08 Å². The molecule has 0 radical (unpaired) electrons. The van der Waals surface area contributed by atoms with Gasteiger partial charge in [-0.25, -0.2) is 0 Å². The van der Waals surface area contributed by atoms with Crippen molar-refractivity contribution in [3.63, 3.8) is 0 Å². The quantitative estimate of drug-likeness (QED) is 0.360. The van der Waals surface area contributed by atoms with Crippen molar-refractivity contribution in [2.75, 3.05) is 0 Å². The molecule has 3 aliphatic rings. The highest BCUT2D eigenvalue weighted by atomic mass is 28.4. The van der Waals surface area contributed by atoms with E-state index in [1.54, 1.807) is 0 Å². The molecule has 0 bridgehead atoms. The average Bonchev–Trinajstić information content (AvgIpc) is 3.42. The number of hydrogen-bond donors (Lipinski definition) is 0. The Hall–Kier alpha value is -1.75. The van der Waals surface area contributed by atoms with E-state index in [9.17, 15) is 0 Å². The Morgan fingerprint density at radius 2 is 1.71 bits per heavy atom. The molecular weight excluding hydrogens is 482 g/mol. The molecule has 2 heterocycles. The van der Waals surface area contributed by atoms with E-state index in [2.05, 4.69) is 92.4 Å².